The van der Waals surface area contributed by atoms with Crippen LogP contribution in [0.4, 0.5) is 0 Å². The lowest BCUT2D eigenvalue weighted by Gasteiger charge is -2.18. The van der Waals surface area contributed by atoms with Gasteiger partial charge in [-0.25, -0.2) is 0 Å². The highest BCUT2D eigenvalue weighted by Crippen LogP contribution is 2.45. The molecular weight excluding hydrogens is 372 g/mol. The number of methoxy groups -OCH3 is 2. The van der Waals surface area contributed by atoms with Crippen LogP contribution >= 0.6 is 11.6 Å². The second-order valence-corrected chi connectivity index (χ2v) is 6.77. The van der Waals surface area contributed by atoms with Crippen molar-refractivity contribution in [1.82, 2.24) is 0 Å². The monoisotopic (exact) mass is 390 g/mol. The van der Waals surface area contributed by atoms with E-state index in [1.54, 1.807) is 14.2 Å². The quantitative estimate of drug-likeness (QED) is 0.305. The first kappa shape index (κ1) is 18.3. The van der Waals surface area contributed by atoms with Crippen molar-refractivity contribution in [3.05, 3.63) is 72.3 Å². The van der Waals surface area contributed by atoms with E-state index < -0.39 is 0 Å². The molecule has 4 aromatic carbocycles. The van der Waals surface area contributed by atoms with Gasteiger partial charge in [0.1, 0.15) is 11.5 Å². The number of alkyl halides is 1. The third-order valence-corrected chi connectivity index (χ3v) is 5.25. The Hall–Kier alpha value is -3.04. The minimum absolute atomic E-state index is 0.0360. The Balaban J connectivity index is 2.11. The molecule has 4 rings (SSSR count). The van der Waals surface area contributed by atoms with Crippen LogP contribution in [0, 0.1) is 0 Å². The highest BCUT2D eigenvalue weighted by atomic mass is 35.5. The second kappa shape index (κ2) is 7.53. The molecule has 0 atom stereocenters. The van der Waals surface area contributed by atoms with Crippen molar-refractivity contribution in [1.29, 1.82) is 0 Å². The molecule has 0 aromatic heterocycles. The number of hydrogen-bond acceptors (Lipinski definition) is 3. The van der Waals surface area contributed by atoms with E-state index in [1.165, 1.54) is 0 Å². The smallest absolute Gasteiger partial charge is 0.177 e. The average Bonchev–Trinajstić information content (AvgIpc) is 2.76. The fourth-order valence-electron chi connectivity index (χ4n) is 3.67. The Labute approximate surface area is 168 Å². The van der Waals surface area contributed by atoms with Crippen LogP contribution in [0.5, 0.6) is 11.5 Å². The van der Waals surface area contributed by atoms with Crippen LogP contribution in [0.15, 0.2) is 66.7 Å². The van der Waals surface area contributed by atoms with E-state index in [-0.39, 0.29) is 11.7 Å². The molecule has 0 amide bonds. The van der Waals surface area contributed by atoms with Crippen molar-refractivity contribution in [2.24, 2.45) is 0 Å². The normalized spacial score (nSPS) is 11.0. The van der Waals surface area contributed by atoms with Gasteiger partial charge in [-0.2, -0.15) is 0 Å². The minimum atomic E-state index is -0.0938. The first-order chi connectivity index (χ1) is 13.7. The standard InChI is InChI=1S/C24H19ClO3/c1-27-21-11-8-15-5-3-4-6-18(15)23(21)24-19-10-7-17(20(26)14-25)13-16(19)9-12-22(24)28-2/h3-13H,14H2,1-2H3. The first-order valence-corrected chi connectivity index (χ1v) is 9.47. The number of halogens is 1. The Morgan fingerprint density at radius 3 is 2.04 bits per heavy atom. The van der Waals surface area contributed by atoms with Gasteiger partial charge in [0, 0.05) is 16.7 Å². The fraction of sp³-hybridized carbons (Fsp3) is 0.125. The summed E-state index contributed by atoms with van der Waals surface area (Å²) in [4.78, 5) is 12.0. The summed E-state index contributed by atoms with van der Waals surface area (Å²) in [5.74, 6) is 1.39. The van der Waals surface area contributed by atoms with E-state index in [0.29, 0.717) is 5.56 Å². The lowest BCUT2D eigenvalue weighted by atomic mass is 9.91. The first-order valence-electron chi connectivity index (χ1n) is 8.94. The van der Waals surface area contributed by atoms with Crippen molar-refractivity contribution < 1.29 is 14.3 Å². The molecule has 0 radical (unpaired) electrons. The molecular formula is C24H19ClO3. The zero-order valence-corrected chi connectivity index (χ0v) is 16.4. The highest BCUT2D eigenvalue weighted by Gasteiger charge is 2.18. The van der Waals surface area contributed by atoms with Gasteiger partial charge in [0.25, 0.3) is 0 Å². The summed E-state index contributed by atoms with van der Waals surface area (Å²) in [6, 6.07) is 21.7. The molecule has 0 unspecified atom stereocenters. The topological polar surface area (TPSA) is 35.5 Å². The number of rotatable bonds is 5. The summed E-state index contributed by atoms with van der Waals surface area (Å²) >= 11 is 5.73. The van der Waals surface area contributed by atoms with Crippen LogP contribution in [-0.4, -0.2) is 25.9 Å². The maximum atomic E-state index is 12.0. The van der Waals surface area contributed by atoms with E-state index >= 15 is 0 Å². The maximum absolute atomic E-state index is 12.0. The number of Topliss-reactive ketones (excluding diaryl/α,β-unsaturated/α-hetero) is 1. The van der Waals surface area contributed by atoms with Crippen LogP contribution < -0.4 is 9.47 Å². The second-order valence-electron chi connectivity index (χ2n) is 6.50. The molecule has 3 nitrogen and oxygen atoms in total. The van der Waals surface area contributed by atoms with Gasteiger partial charge in [0.05, 0.1) is 20.1 Å². The summed E-state index contributed by atoms with van der Waals surface area (Å²) < 4.78 is 11.4. The van der Waals surface area contributed by atoms with Crippen LogP contribution in [0.2, 0.25) is 0 Å². The zero-order chi connectivity index (χ0) is 19.7. The van der Waals surface area contributed by atoms with Crippen molar-refractivity contribution >= 4 is 38.9 Å². The molecule has 140 valence electrons. The van der Waals surface area contributed by atoms with Crippen LogP contribution in [0.1, 0.15) is 10.4 Å². The number of ether oxygens (including phenoxy) is 2. The van der Waals surface area contributed by atoms with Crippen LogP contribution in [0.25, 0.3) is 32.7 Å². The number of carbonyl (C=O) groups excluding carboxylic acids is 1. The minimum Gasteiger partial charge on any atom is -0.496 e. The number of hydrogen-bond donors (Lipinski definition) is 0. The molecule has 0 aliphatic carbocycles. The van der Waals surface area contributed by atoms with E-state index in [2.05, 4.69) is 12.1 Å². The molecule has 0 aliphatic rings. The van der Waals surface area contributed by atoms with E-state index in [9.17, 15) is 4.79 Å². The summed E-state index contributed by atoms with van der Waals surface area (Å²) in [6.07, 6.45) is 0. The lowest BCUT2D eigenvalue weighted by Crippen LogP contribution is -2.00. The third-order valence-electron chi connectivity index (χ3n) is 5.01. The van der Waals surface area contributed by atoms with Gasteiger partial charge in [-0.1, -0.05) is 48.5 Å². The Morgan fingerprint density at radius 2 is 1.39 bits per heavy atom. The number of carbonyl (C=O) groups is 1. The van der Waals surface area contributed by atoms with Gasteiger partial charge in [-0.15, -0.1) is 11.6 Å². The van der Waals surface area contributed by atoms with Crippen molar-refractivity contribution in [3.8, 4) is 22.6 Å². The summed E-state index contributed by atoms with van der Waals surface area (Å²) in [5, 5.41) is 4.13. The molecule has 28 heavy (non-hydrogen) atoms. The molecule has 4 heteroatoms. The zero-order valence-electron chi connectivity index (χ0n) is 15.7. The summed E-state index contributed by atoms with van der Waals surface area (Å²) in [6.45, 7) is 0. The summed E-state index contributed by atoms with van der Waals surface area (Å²) in [7, 11) is 3.33. The van der Waals surface area contributed by atoms with E-state index in [0.717, 1.165) is 44.2 Å². The van der Waals surface area contributed by atoms with Gasteiger partial charge in [0.15, 0.2) is 5.78 Å². The predicted molar refractivity (Wildman–Crippen MR) is 115 cm³/mol. The maximum Gasteiger partial charge on any atom is 0.177 e. The van der Waals surface area contributed by atoms with Gasteiger partial charge in [-0.05, 0) is 39.7 Å². The molecule has 0 saturated carbocycles. The molecule has 0 saturated heterocycles. The molecule has 0 N–H and O–H groups in total. The Bertz CT molecular complexity index is 1200. The molecule has 0 fully saturated rings. The van der Waals surface area contributed by atoms with Crippen LogP contribution in [0.3, 0.4) is 0 Å². The summed E-state index contributed by atoms with van der Waals surface area (Å²) in [5.41, 5.74) is 2.52. The van der Waals surface area contributed by atoms with E-state index in [4.69, 9.17) is 21.1 Å². The van der Waals surface area contributed by atoms with Gasteiger partial charge in [0.2, 0.25) is 0 Å². The van der Waals surface area contributed by atoms with Gasteiger partial charge < -0.3 is 9.47 Å². The molecule has 4 aromatic rings. The Morgan fingerprint density at radius 1 is 0.786 bits per heavy atom. The number of ketones is 1. The van der Waals surface area contributed by atoms with E-state index in [1.807, 2.05) is 54.6 Å². The van der Waals surface area contributed by atoms with Gasteiger partial charge >= 0.3 is 0 Å². The lowest BCUT2D eigenvalue weighted by molar-refractivity contribution is 0.102. The number of fused-ring (bicyclic) bond motifs is 2. The average molecular weight is 391 g/mol. The third kappa shape index (κ3) is 2.98. The molecule has 0 heterocycles. The van der Waals surface area contributed by atoms with Gasteiger partial charge in [-0.3, -0.25) is 4.79 Å². The van der Waals surface area contributed by atoms with Crippen LogP contribution in [-0.2, 0) is 0 Å². The molecule has 0 spiro atoms. The Kier molecular flexibility index (Phi) is 4.93. The number of benzene rings is 4. The van der Waals surface area contributed by atoms with Crippen molar-refractivity contribution in [2.45, 2.75) is 0 Å². The fourth-order valence-corrected chi connectivity index (χ4v) is 3.82. The highest BCUT2D eigenvalue weighted by molar-refractivity contribution is 6.30. The molecule has 0 aliphatic heterocycles. The van der Waals surface area contributed by atoms with Crippen molar-refractivity contribution in [2.75, 3.05) is 20.1 Å². The van der Waals surface area contributed by atoms with Crippen molar-refractivity contribution in [3.63, 3.8) is 0 Å². The SMILES string of the molecule is COc1ccc2ccccc2c1-c1c(OC)ccc2cc(C(=O)CCl)ccc12. The largest absolute Gasteiger partial charge is 0.496 e. The molecule has 0 bridgehead atoms. The predicted octanol–water partition coefficient (Wildman–Crippen LogP) is 6.10.